The van der Waals surface area contributed by atoms with Gasteiger partial charge in [-0.1, -0.05) is 42.5 Å². The average molecular weight is 737 g/mol. The first-order valence-corrected chi connectivity index (χ1v) is 17.0. The molecule has 1 aromatic rings. The lowest BCUT2D eigenvalue weighted by atomic mass is 9.56. The fourth-order valence-corrected chi connectivity index (χ4v) is 7.59. The molecule has 53 heavy (non-hydrogen) atoms. The molecular formula is C38H40O15. The van der Waals surface area contributed by atoms with E-state index in [9.17, 15) is 54.6 Å². The monoisotopic (exact) mass is 736 g/mol. The molecule has 0 spiro atoms. The standard InChI is InChI=1S/C38H40O15/c1-18-23(51-26(39)10-8-6-5-7-9-24-19(2)52-36(4,53-24)34(45)46)13-14-25(50-18)20-11-12-21-27(29(20)40)30(41)22-15-16-37(48)17-35(3,47)32(43)33(44)38(37,49)28(22)31(21)42/h5-12,15-16,18-19,23-25,32,40,43,47-49H,13-14,17H2,1-4H3,(H,45,46). The summed E-state index contributed by atoms with van der Waals surface area (Å²) in [5.41, 5.74) is -9.49. The number of hydrogen-bond acceptors (Lipinski definition) is 14. The molecule has 2 saturated heterocycles. The second-order valence-corrected chi connectivity index (χ2v) is 14.3. The molecule has 5 aliphatic rings. The van der Waals surface area contributed by atoms with Gasteiger partial charge in [-0.15, -0.1) is 0 Å². The number of phenolic OH excluding ortho intramolecular Hbond substituents is 1. The number of hydrogen-bond donors (Lipinski definition) is 6. The highest BCUT2D eigenvalue weighted by Crippen LogP contribution is 2.52. The number of carboxylic acid groups (broad SMARTS) is 1. The molecular weight excluding hydrogens is 696 g/mol. The first-order chi connectivity index (χ1) is 24.8. The van der Waals surface area contributed by atoms with Gasteiger partial charge in [0.15, 0.2) is 17.2 Å². The fraction of sp³-hybridized carbons (Fsp3) is 0.447. The number of aliphatic hydroxyl groups is 4. The lowest BCUT2D eigenvalue weighted by Crippen LogP contribution is -2.74. The molecule has 6 rings (SSSR count). The van der Waals surface area contributed by atoms with E-state index in [0.29, 0.717) is 6.42 Å². The Hall–Kier alpha value is -4.61. The summed E-state index contributed by atoms with van der Waals surface area (Å²) >= 11 is 0. The molecule has 3 aliphatic carbocycles. The average Bonchev–Trinajstić information content (AvgIpc) is 3.39. The van der Waals surface area contributed by atoms with E-state index >= 15 is 0 Å². The molecule has 10 unspecified atom stereocenters. The van der Waals surface area contributed by atoms with Crippen LogP contribution in [0.4, 0.5) is 0 Å². The Morgan fingerprint density at radius 2 is 1.64 bits per heavy atom. The highest BCUT2D eigenvalue weighted by atomic mass is 16.8. The third kappa shape index (κ3) is 6.21. The summed E-state index contributed by atoms with van der Waals surface area (Å²) in [6.07, 6.45) is 5.66. The van der Waals surface area contributed by atoms with Crippen molar-refractivity contribution in [2.24, 2.45) is 0 Å². The number of rotatable bonds is 7. The van der Waals surface area contributed by atoms with Crippen molar-refractivity contribution in [2.75, 3.05) is 0 Å². The van der Waals surface area contributed by atoms with E-state index in [0.717, 1.165) is 19.1 Å². The highest BCUT2D eigenvalue weighted by Gasteiger charge is 2.69. The van der Waals surface area contributed by atoms with Crippen molar-refractivity contribution in [3.05, 3.63) is 88.6 Å². The lowest BCUT2D eigenvalue weighted by Gasteiger charge is -2.53. The summed E-state index contributed by atoms with van der Waals surface area (Å²) in [5, 5.41) is 64.6. The number of carbonyl (C=O) groups is 5. The zero-order valence-electron chi connectivity index (χ0n) is 29.2. The number of ether oxygens (including phenoxy) is 4. The predicted octanol–water partition coefficient (Wildman–Crippen LogP) is 1.61. The molecule has 15 heteroatoms. The third-order valence-electron chi connectivity index (χ3n) is 10.5. The Bertz CT molecular complexity index is 1940. The van der Waals surface area contributed by atoms with Crippen LogP contribution in [0.3, 0.4) is 0 Å². The molecule has 1 saturated carbocycles. The van der Waals surface area contributed by atoms with Crippen LogP contribution in [0.15, 0.2) is 71.9 Å². The Balaban J connectivity index is 1.10. The highest BCUT2D eigenvalue weighted by molar-refractivity contribution is 6.32. The molecule has 0 radical (unpaired) electrons. The summed E-state index contributed by atoms with van der Waals surface area (Å²) in [6.45, 7) is 5.79. The van der Waals surface area contributed by atoms with Gasteiger partial charge in [0.1, 0.15) is 29.7 Å². The molecule has 3 fully saturated rings. The molecule has 0 aromatic heterocycles. The van der Waals surface area contributed by atoms with E-state index < -0.39 is 117 Å². The number of carbonyl (C=O) groups excluding carboxylic acids is 4. The summed E-state index contributed by atoms with van der Waals surface area (Å²) in [4.78, 5) is 64.8. The minimum atomic E-state index is -3.05. The molecule has 6 N–H and O–H groups in total. The van der Waals surface area contributed by atoms with Crippen LogP contribution in [0.1, 0.15) is 79.3 Å². The maximum absolute atomic E-state index is 13.8. The van der Waals surface area contributed by atoms with Crippen LogP contribution < -0.4 is 0 Å². The van der Waals surface area contributed by atoms with Crippen molar-refractivity contribution >= 4 is 29.3 Å². The summed E-state index contributed by atoms with van der Waals surface area (Å²) < 4.78 is 22.5. The van der Waals surface area contributed by atoms with Gasteiger partial charge in [0.2, 0.25) is 5.78 Å². The second-order valence-electron chi connectivity index (χ2n) is 14.3. The van der Waals surface area contributed by atoms with Crippen molar-refractivity contribution in [3.63, 3.8) is 0 Å². The van der Waals surface area contributed by atoms with Crippen LogP contribution in [-0.2, 0) is 33.3 Å². The summed E-state index contributed by atoms with van der Waals surface area (Å²) in [5.74, 6) is -7.54. The zero-order valence-corrected chi connectivity index (χ0v) is 29.2. The first-order valence-electron chi connectivity index (χ1n) is 17.0. The molecule has 282 valence electrons. The van der Waals surface area contributed by atoms with E-state index in [1.165, 1.54) is 31.2 Å². The molecule has 0 amide bonds. The molecule has 1 aromatic carbocycles. The minimum absolute atomic E-state index is 0.176. The normalized spacial score (nSPS) is 38.5. The van der Waals surface area contributed by atoms with Gasteiger partial charge in [-0.05, 0) is 45.8 Å². The topological polar surface area (TPSA) is 244 Å². The SMILES string of the molecule is CC1OC(C)(C(=O)O)OC1C=CC=CC=CC(=O)OC1CCC(c2ccc3c(c2O)C(=O)C2=C(C3=O)C3(O)C(=O)C(O)C(C)(O)CC3(O)C=C2)OC1C. The van der Waals surface area contributed by atoms with Gasteiger partial charge in [0.25, 0.3) is 5.79 Å². The van der Waals surface area contributed by atoms with Crippen LogP contribution >= 0.6 is 0 Å². The van der Waals surface area contributed by atoms with Gasteiger partial charge in [0, 0.05) is 36.1 Å². The van der Waals surface area contributed by atoms with E-state index in [4.69, 9.17) is 18.9 Å². The number of fused-ring (bicyclic) bond motifs is 3. The van der Waals surface area contributed by atoms with Crippen molar-refractivity contribution in [1.82, 2.24) is 0 Å². The Kier molecular flexibility index (Phi) is 9.61. The number of carboxylic acids is 1. The number of aliphatic hydroxyl groups excluding tert-OH is 1. The largest absolute Gasteiger partial charge is 0.507 e. The molecule has 2 heterocycles. The number of ketones is 3. The van der Waals surface area contributed by atoms with Crippen LogP contribution in [0.5, 0.6) is 5.75 Å². The maximum atomic E-state index is 13.8. The number of phenols is 1. The van der Waals surface area contributed by atoms with Gasteiger partial charge in [-0.25, -0.2) is 9.59 Å². The number of Topliss-reactive ketones (excluding diaryl/α,β-unsaturated/α-hetero) is 3. The Morgan fingerprint density at radius 3 is 2.30 bits per heavy atom. The van der Waals surface area contributed by atoms with Gasteiger partial charge in [0.05, 0.1) is 35.0 Å². The second kappa shape index (κ2) is 13.4. The maximum Gasteiger partial charge on any atom is 0.364 e. The van der Waals surface area contributed by atoms with Crippen molar-refractivity contribution < 1.29 is 73.6 Å². The predicted molar refractivity (Wildman–Crippen MR) is 180 cm³/mol. The van der Waals surface area contributed by atoms with Gasteiger partial charge < -0.3 is 49.6 Å². The summed E-state index contributed by atoms with van der Waals surface area (Å²) in [7, 11) is 0. The minimum Gasteiger partial charge on any atom is -0.507 e. The number of benzene rings is 1. The number of aliphatic carboxylic acids is 1. The van der Waals surface area contributed by atoms with Crippen molar-refractivity contribution in [2.45, 2.75) is 106 Å². The summed E-state index contributed by atoms with van der Waals surface area (Å²) in [6, 6.07) is 2.61. The third-order valence-corrected chi connectivity index (χ3v) is 10.5. The van der Waals surface area contributed by atoms with Crippen LogP contribution in [0.2, 0.25) is 0 Å². The Labute approximate surface area is 303 Å². The van der Waals surface area contributed by atoms with Crippen LogP contribution in [0, 0.1) is 0 Å². The lowest BCUT2D eigenvalue weighted by molar-refractivity contribution is -0.209. The van der Waals surface area contributed by atoms with Crippen LogP contribution in [-0.4, -0.2) is 113 Å². The van der Waals surface area contributed by atoms with Crippen molar-refractivity contribution in [1.29, 1.82) is 0 Å². The van der Waals surface area contributed by atoms with E-state index in [-0.39, 0.29) is 17.5 Å². The first kappa shape index (κ1) is 38.1. The number of esters is 1. The number of allylic oxidation sites excluding steroid dienone is 6. The van der Waals surface area contributed by atoms with E-state index in [1.54, 1.807) is 38.2 Å². The van der Waals surface area contributed by atoms with E-state index in [1.807, 2.05) is 0 Å². The van der Waals surface area contributed by atoms with Gasteiger partial charge in [-0.2, -0.15) is 0 Å². The smallest absolute Gasteiger partial charge is 0.364 e. The fourth-order valence-electron chi connectivity index (χ4n) is 7.59. The van der Waals surface area contributed by atoms with Gasteiger partial charge in [-0.3, -0.25) is 14.4 Å². The quantitative estimate of drug-likeness (QED) is 0.132. The zero-order chi connectivity index (χ0) is 38.8. The molecule has 0 bridgehead atoms. The van der Waals surface area contributed by atoms with Crippen LogP contribution in [0.25, 0.3) is 0 Å². The van der Waals surface area contributed by atoms with E-state index in [2.05, 4.69) is 0 Å². The Morgan fingerprint density at radius 1 is 0.943 bits per heavy atom. The van der Waals surface area contributed by atoms with Gasteiger partial charge >= 0.3 is 11.9 Å². The van der Waals surface area contributed by atoms with Crippen molar-refractivity contribution in [3.8, 4) is 5.75 Å². The molecule has 10 atom stereocenters. The molecule has 2 aliphatic heterocycles. The number of aromatic hydroxyl groups is 1. The molecule has 15 nitrogen and oxygen atoms in total.